The molecule has 0 aliphatic carbocycles. The minimum Gasteiger partial charge on any atom is -0.496 e. The average molecular weight is 244 g/mol. The fourth-order valence-corrected chi connectivity index (χ4v) is 1.92. The van der Waals surface area contributed by atoms with Gasteiger partial charge in [-0.25, -0.2) is 4.98 Å². The normalized spacial score (nSPS) is 10.3. The van der Waals surface area contributed by atoms with Crippen LogP contribution in [-0.4, -0.2) is 22.6 Å². The lowest BCUT2D eigenvalue weighted by atomic mass is 10.1. The molecule has 0 amide bonds. The second-order valence-electron chi connectivity index (χ2n) is 3.95. The smallest absolute Gasteiger partial charge is 0.236 e. The van der Waals surface area contributed by atoms with E-state index in [9.17, 15) is 4.79 Å². The molecule has 0 fully saturated rings. The molecule has 0 N–H and O–H groups in total. The first-order chi connectivity index (χ1) is 8.76. The molecule has 0 saturated heterocycles. The summed E-state index contributed by atoms with van der Waals surface area (Å²) in [6.45, 7) is 1.98. The van der Waals surface area contributed by atoms with Gasteiger partial charge in [0.25, 0.3) is 0 Å². The first-order valence-electron chi connectivity index (χ1n) is 5.93. The maximum Gasteiger partial charge on any atom is 0.236 e. The van der Waals surface area contributed by atoms with E-state index in [1.807, 2.05) is 31.2 Å². The van der Waals surface area contributed by atoms with E-state index >= 15 is 0 Å². The van der Waals surface area contributed by atoms with Crippen molar-refractivity contribution in [3.05, 3.63) is 48.0 Å². The lowest BCUT2D eigenvalue weighted by Gasteiger charge is -2.09. The summed E-state index contributed by atoms with van der Waals surface area (Å²) in [5.74, 6) is 1.53. The molecule has 4 heteroatoms. The van der Waals surface area contributed by atoms with Crippen molar-refractivity contribution in [1.29, 1.82) is 0 Å². The number of benzene rings is 1. The van der Waals surface area contributed by atoms with Crippen molar-refractivity contribution in [2.45, 2.75) is 19.8 Å². The quantitative estimate of drug-likeness (QED) is 0.829. The van der Waals surface area contributed by atoms with E-state index in [0.717, 1.165) is 23.6 Å². The van der Waals surface area contributed by atoms with Crippen molar-refractivity contribution in [3.8, 4) is 5.75 Å². The molecule has 18 heavy (non-hydrogen) atoms. The van der Waals surface area contributed by atoms with Crippen LogP contribution in [-0.2, 0) is 12.8 Å². The standard InChI is InChI=1S/C14H16N2O2/c1-3-13-15-8-9-16(13)14(17)10-11-6-4-5-7-12(11)18-2/h4-9H,3,10H2,1-2H3. The van der Waals surface area contributed by atoms with Crippen molar-refractivity contribution >= 4 is 5.91 Å². The Balaban J connectivity index is 2.21. The molecule has 4 nitrogen and oxygen atoms in total. The van der Waals surface area contributed by atoms with Crippen LogP contribution in [0.25, 0.3) is 0 Å². The number of hydrogen-bond acceptors (Lipinski definition) is 3. The number of ether oxygens (including phenoxy) is 1. The number of methoxy groups -OCH3 is 1. The molecule has 1 aromatic carbocycles. The number of carbonyl (C=O) groups excluding carboxylic acids is 1. The first-order valence-corrected chi connectivity index (χ1v) is 5.93. The Kier molecular flexibility index (Phi) is 3.77. The predicted molar refractivity (Wildman–Crippen MR) is 68.9 cm³/mol. The topological polar surface area (TPSA) is 44.1 Å². The zero-order valence-electron chi connectivity index (χ0n) is 10.6. The number of nitrogens with zero attached hydrogens (tertiary/aromatic N) is 2. The van der Waals surface area contributed by atoms with E-state index in [1.165, 1.54) is 0 Å². The largest absolute Gasteiger partial charge is 0.496 e. The van der Waals surface area contributed by atoms with Gasteiger partial charge in [-0.05, 0) is 6.07 Å². The van der Waals surface area contributed by atoms with Crippen LogP contribution in [0.3, 0.4) is 0 Å². The van der Waals surface area contributed by atoms with E-state index < -0.39 is 0 Å². The van der Waals surface area contributed by atoms with E-state index in [4.69, 9.17) is 4.74 Å². The maximum absolute atomic E-state index is 12.2. The predicted octanol–water partition coefficient (Wildman–Crippen LogP) is 2.34. The summed E-state index contributed by atoms with van der Waals surface area (Å²) in [5, 5.41) is 0. The lowest BCUT2D eigenvalue weighted by Crippen LogP contribution is -2.15. The van der Waals surface area contributed by atoms with Crippen LogP contribution in [0.1, 0.15) is 23.1 Å². The van der Waals surface area contributed by atoms with Crippen LogP contribution in [0.4, 0.5) is 0 Å². The fourth-order valence-electron chi connectivity index (χ4n) is 1.92. The molecule has 2 aromatic rings. The summed E-state index contributed by atoms with van der Waals surface area (Å²) in [7, 11) is 1.61. The maximum atomic E-state index is 12.2. The molecule has 1 heterocycles. The molecular formula is C14H16N2O2. The molecule has 0 aliphatic heterocycles. The van der Waals surface area contributed by atoms with Crippen LogP contribution in [0.5, 0.6) is 5.75 Å². The molecule has 0 unspecified atom stereocenters. The van der Waals surface area contributed by atoms with Gasteiger partial charge in [0.15, 0.2) is 0 Å². The molecule has 2 rings (SSSR count). The number of para-hydroxylation sites is 1. The van der Waals surface area contributed by atoms with Crippen LogP contribution >= 0.6 is 0 Å². The highest BCUT2D eigenvalue weighted by atomic mass is 16.5. The zero-order valence-corrected chi connectivity index (χ0v) is 10.6. The molecule has 1 aromatic heterocycles. The number of imidazole rings is 1. The Labute approximate surface area is 106 Å². The third-order valence-electron chi connectivity index (χ3n) is 2.84. The summed E-state index contributed by atoms with van der Waals surface area (Å²) in [4.78, 5) is 16.3. The summed E-state index contributed by atoms with van der Waals surface area (Å²) in [6.07, 6.45) is 4.41. The van der Waals surface area contributed by atoms with Crippen LogP contribution in [0.2, 0.25) is 0 Å². The highest BCUT2D eigenvalue weighted by Gasteiger charge is 2.12. The number of rotatable bonds is 4. The van der Waals surface area contributed by atoms with Crippen LogP contribution < -0.4 is 4.74 Å². The van der Waals surface area contributed by atoms with Crippen molar-refractivity contribution in [2.75, 3.05) is 7.11 Å². The van der Waals surface area contributed by atoms with E-state index in [0.29, 0.717) is 6.42 Å². The van der Waals surface area contributed by atoms with Crippen molar-refractivity contribution in [2.24, 2.45) is 0 Å². The number of aromatic nitrogens is 2. The molecule has 0 aliphatic rings. The number of aryl methyl sites for hydroxylation is 1. The zero-order chi connectivity index (χ0) is 13.0. The fraction of sp³-hybridized carbons (Fsp3) is 0.286. The molecule has 0 bridgehead atoms. The van der Waals surface area contributed by atoms with Crippen LogP contribution in [0, 0.1) is 0 Å². The number of carbonyl (C=O) groups is 1. The molecular weight excluding hydrogens is 228 g/mol. The Bertz CT molecular complexity index is 546. The monoisotopic (exact) mass is 244 g/mol. The van der Waals surface area contributed by atoms with Gasteiger partial charge in [-0.3, -0.25) is 9.36 Å². The van der Waals surface area contributed by atoms with E-state index in [1.54, 1.807) is 24.1 Å². The van der Waals surface area contributed by atoms with Gasteiger partial charge in [-0.15, -0.1) is 0 Å². The van der Waals surface area contributed by atoms with E-state index in [-0.39, 0.29) is 5.91 Å². The lowest BCUT2D eigenvalue weighted by molar-refractivity contribution is 0.0910. The van der Waals surface area contributed by atoms with Crippen molar-refractivity contribution < 1.29 is 9.53 Å². The average Bonchev–Trinajstić information content (AvgIpc) is 2.87. The number of hydrogen-bond donors (Lipinski definition) is 0. The molecule has 0 atom stereocenters. The second kappa shape index (κ2) is 5.49. The Hall–Kier alpha value is -2.10. The molecule has 0 spiro atoms. The molecule has 0 radical (unpaired) electrons. The Morgan fingerprint density at radius 1 is 1.39 bits per heavy atom. The van der Waals surface area contributed by atoms with Gasteiger partial charge in [-0.2, -0.15) is 0 Å². The van der Waals surface area contributed by atoms with Gasteiger partial charge in [0, 0.05) is 24.4 Å². The minimum absolute atomic E-state index is 0.00819. The summed E-state index contributed by atoms with van der Waals surface area (Å²) < 4.78 is 6.85. The van der Waals surface area contributed by atoms with Gasteiger partial charge in [-0.1, -0.05) is 25.1 Å². The first kappa shape index (κ1) is 12.4. The second-order valence-corrected chi connectivity index (χ2v) is 3.95. The van der Waals surface area contributed by atoms with Gasteiger partial charge >= 0.3 is 0 Å². The molecule has 94 valence electrons. The van der Waals surface area contributed by atoms with Gasteiger partial charge in [0.05, 0.1) is 13.5 Å². The summed E-state index contributed by atoms with van der Waals surface area (Å²) in [6, 6.07) is 7.55. The summed E-state index contributed by atoms with van der Waals surface area (Å²) in [5.41, 5.74) is 0.890. The van der Waals surface area contributed by atoms with Gasteiger partial charge in [0.1, 0.15) is 11.6 Å². The molecule has 0 saturated carbocycles. The minimum atomic E-state index is 0.00819. The van der Waals surface area contributed by atoms with Crippen molar-refractivity contribution in [3.63, 3.8) is 0 Å². The highest BCUT2D eigenvalue weighted by Crippen LogP contribution is 2.18. The SMILES string of the molecule is CCc1nccn1C(=O)Cc1ccccc1OC. The third-order valence-corrected chi connectivity index (χ3v) is 2.84. The van der Waals surface area contributed by atoms with Crippen molar-refractivity contribution in [1.82, 2.24) is 9.55 Å². The highest BCUT2D eigenvalue weighted by molar-refractivity contribution is 5.82. The van der Waals surface area contributed by atoms with E-state index in [2.05, 4.69) is 4.98 Å². The Morgan fingerprint density at radius 2 is 2.17 bits per heavy atom. The summed E-state index contributed by atoms with van der Waals surface area (Å²) >= 11 is 0. The third kappa shape index (κ3) is 2.42. The van der Waals surface area contributed by atoms with Gasteiger partial charge < -0.3 is 4.74 Å². The Morgan fingerprint density at radius 3 is 2.89 bits per heavy atom. The van der Waals surface area contributed by atoms with Crippen LogP contribution in [0.15, 0.2) is 36.7 Å². The van der Waals surface area contributed by atoms with Gasteiger partial charge in [0.2, 0.25) is 5.91 Å².